The molecule has 0 aliphatic rings. The molecule has 0 spiro atoms. The van der Waals surface area contributed by atoms with Gasteiger partial charge in [-0.05, 0) is 6.07 Å². The molecule has 1 aromatic carbocycles. The first kappa shape index (κ1) is 13.4. The van der Waals surface area contributed by atoms with Gasteiger partial charge in [-0.3, -0.25) is 14.7 Å². The lowest BCUT2D eigenvalue weighted by atomic mass is 10.1. The number of hydrogen-bond acceptors (Lipinski definition) is 5. The molecule has 0 fully saturated rings. The summed E-state index contributed by atoms with van der Waals surface area (Å²) < 4.78 is 26.7. The molecule has 20 heavy (non-hydrogen) atoms. The number of hydrogen-bond donors (Lipinski definition) is 4. The van der Waals surface area contributed by atoms with Gasteiger partial charge < -0.3 is 16.8 Å². The van der Waals surface area contributed by atoms with E-state index in [9.17, 15) is 18.4 Å². The number of halogens is 2. The van der Waals surface area contributed by atoms with Crippen molar-refractivity contribution >= 4 is 23.5 Å². The van der Waals surface area contributed by atoms with E-state index < -0.39 is 34.7 Å². The molecule has 104 valence electrons. The van der Waals surface area contributed by atoms with Crippen LogP contribution >= 0.6 is 0 Å². The topological polar surface area (TPSA) is 140 Å². The van der Waals surface area contributed by atoms with Gasteiger partial charge in [0.2, 0.25) is 11.8 Å². The molecule has 0 aliphatic heterocycles. The molecule has 0 radical (unpaired) electrons. The maximum absolute atomic E-state index is 13.5. The Hall–Kier alpha value is -3.04. The van der Waals surface area contributed by atoms with Crippen molar-refractivity contribution in [2.75, 3.05) is 11.1 Å². The van der Waals surface area contributed by atoms with Crippen LogP contribution in [0.2, 0.25) is 0 Å². The van der Waals surface area contributed by atoms with Gasteiger partial charge in [0.25, 0.3) is 11.8 Å². The summed E-state index contributed by atoms with van der Waals surface area (Å²) in [7, 11) is 0. The van der Waals surface area contributed by atoms with Crippen molar-refractivity contribution in [3.63, 3.8) is 0 Å². The van der Waals surface area contributed by atoms with Crippen molar-refractivity contribution in [3.8, 4) is 0 Å². The average Bonchev–Trinajstić information content (AvgIpc) is 2.79. The van der Waals surface area contributed by atoms with E-state index in [1.165, 1.54) is 0 Å². The summed E-state index contributed by atoms with van der Waals surface area (Å²) in [6, 6.07) is 1.22. The van der Waals surface area contributed by atoms with E-state index in [-0.39, 0.29) is 11.8 Å². The van der Waals surface area contributed by atoms with Crippen LogP contribution in [0, 0.1) is 11.6 Å². The number of nitrogens with two attached hydrogens (primary N) is 2. The third-order valence-corrected chi connectivity index (χ3v) is 2.29. The van der Waals surface area contributed by atoms with Crippen LogP contribution in [0.15, 0.2) is 12.1 Å². The molecule has 0 saturated heterocycles. The predicted molar refractivity (Wildman–Crippen MR) is 63.6 cm³/mol. The lowest BCUT2D eigenvalue weighted by Gasteiger charge is -2.07. The Morgan fingerprint density at radius 1 is 1.25 bits per heavy atom. The molecule has 0 aliphatic carbocycles. The zero-order valence-electron chi connectivity index (χ0n) is 9.78. The van der Waals surface area contributed by atoms with Crippen LogP contribution < -0.4 is 16.8 Å². The summed E-state index contributed by atoms with van der Waals surface area (Å²) >= 11 is 0. The number of carbonyl (C=O) groups excluding carboxylic acids is 2. The average molecular weight is 282 g/mol. The maximum Gasteiger partial charge on any atom is 0.293 e. The molecule has 2 rings (SSSR count). The SMILES string of the molecule is NC(=O)c1cc(NC(=O)c2nc(N)n[nH]2)c(F)cc1F. The standard InChI is InChI=1S/C10H8F2N6O2/c11-4-2-5(12)6(1-3(4)7(13)19)15-9(20)8-16-10(14)18-17-8/h1-2H,(H2,13,19)(H,15,20)(H3,14,16,17,18). The number of aromatic nitrogens is 3. The first-order valence-electron chi connectivity index (χ1n) is 5.16. The van der Waals surface area contributed by atoms with E-state index >= 15 is 0 Å². The Morgan fingerprint density at radius 3 is 2.50 bits per heavy atom. The van der Waals surface area contributed by atoms with Crippen molar-refractivity contribution in [1.29, 1.82) is 0 Å². The second-order valence-corrected chi connectivity index (χ2v) is 3.67. The van der Waals surface area contributed by atoms with E-state index in [2.05, 4.69) is 20.5 Å². The number of nitrogens with one attached hydrogen (secondary N) is 2. The number of primary amides is 1. The van der Waals surface area contributed by atoms with Crippen LogP contribution in [-0.4, -0.2) is 27.0 Å². The summed E-state index contributed by atoms with van der Waals surface area (Å²) in [4.78, 5) is 26.1. The number of amides is 2. The number of rotatable bonds is 3. The summed E-state index contributed by atoms with van der Waals surface area (Å²) in [5, 5.41) is 7.71. The molecule has 1 heterocycles. The fourth-order valence-corrected chi connectivity index (χ4v) is 1.39. The van der Waals surface area contributed by atoms with Gasteiger partial charge in [0.1, 0.15) is 11.6 Å². The number of benzene rings is 1. The second kappa shape index (κ2) is 4.91. The molecule has 0 unspecified atom stereocenters. The number of aromatic amines is 1. The van der Waals surface area contributed by atoms with E-state index in [1.54, 1.807) is 0 Å². The molecule has 6 N–H and O–H groups in total. The Morgan fingerprint density at radius 2 is 1.95 bits per heavy atom. The van der Waals surface area contributed by atoms with E-state index in [0.717, 1.165) is 6.07 Å². The highest BCUT2D eigenvalue weighted by atomic mass is 19.1. The molecule has 2 aromatic rings. The lowest BCUT2D eigenvalue weighted by molar-refractivity contribution is 0.0991. The molecule has 0 saturated carbocycles. The third-order valence-electron chi connectivity index (χ3n) is 2.29. The predicted octanol–water partition coefficient (Wildman–Crippen LogP) is 0.0163. The van der Waals surface area contributed by atoms with Crippen molar-refractivity contribution in [1.82, 2.24) is 15.2 Å². The number of carbonyl (C=O) groups is 2. The van der Waals surface area contributed by atoms with E-state index in [4.69, 9.17) is 11.5 Å². The lowest BCUT2D eigenvalue weighted by Crippen LogP contribution is -2.18. The van der Waals surface area contributed by atoms with Crippen molar-refractivity contribution < 1.29 is 18.4 Å². The van der Waals surface area contributed by atoms with Crippen LogP contribution in [-0.2, 0) is 0 Å². The smallest absolute Gasteiger partial charge is 0.293 e. The molecular formula is C10H8F2N6O2. The Labute approximate surface area is 110 Å². The number of nitrogen functional groups attached to an aromatic ring is 1. The van der Waals surface area contributed by atoms with Gasteiger partial charge in [0.15, 0.2) is 0 Å². The van der Waals surface area contributed by atoms with Gasteiger partial charge in [-0.1, -0.05) is 0 Å². The van der Waals surface area contributed by atoms with Crippen LogP contribution in [0.5, 0.6) is 0 Å². The Kier molecular flexibility index (Phi) is 3.29. The van der Waals surface area contributed by atoms with Gasteiger partial charge >= 0.3 is 0 Å². The zero-order chi connectivity index (χ0) is 14.9. The normalized spacial score (nSPS) is 10.3. The summed E-state index contributed by atoms with van der Waals surface area (Å²) in [6.07, 6.45) is 0. The van der Waals surface area contributed by atoms with Gasteiger partial charge in [0.05, 0.1) is 11.3 Å². The van der Waals surface area contributed by atoms with Crippen LogP contribution in [0.25, 0.3) is 0 Å². The van der Waals surface area contributed by atoms with Crippen molar-refractivity contribution in [2.24, 2.45) is 5.73 Å². The highest BCUT2D eigenvalue weighted by molar-refractivity contribution is 6.02. The quantitative estimate of drug-likeness (QED) is 0.628. The molecule has 10 heteroatoms. The van der Waals surface area contributed by atoms with Gasteiger partial charge in [0, 0.05) is 6.07 Å². The minimum absolute atomic E-state index is 0.174. The summed E-state index contributed by atoms with van der Waals surface area (Å²) in [5.41, 5.74) is 9.14. The second-order valence-electron chi connectivity index (χ2n) is 3.67. The maximum atomic E-state index is 13.5. The third kappa shape index (κ3) is 2.53. The van der Waals surface area contributed by atoms with Crippen LogP contribution in [0.3, 0.4) is 0 Å². The van der Waals surface area contributed by atoms with E-state index in [1.807, 2.05) is 0 Å². The summed E-state index contributed by atoms with van der Waals surface area (Å²) in [6.45, 7) is 0. The van der Waals surface area contributed by atoms with Gasteiger partial charge in [-0.15, -0.1) is 5.10 Å². The summed E-state index contributed by atoms with van der Waals surface area (Å²) in [5.74, 6) is -4.61. The van der Waals surface area contributed by atoms with E-state index in [0.29, 0.717) is 6.07 Å². The number of nitrogens with zero attached hydrogens (tertiary/aromatic N) is 2. The largest absolute Gasteiger partial charge is 0.366 e. The minimum atomic E-state index is -1.13. The van der Waals surface area contributed by atoms with Crippen LogP contribution in [0.4, 0.5) is 20.4 Å². The fraction of sp³-hybridized carbons (Fsp3) is 0. The van der Waals surface area contributed by atoms with Gasteiger partial charge in [-0.25, -0.2) is 8.78 Å². The first-order valence-corrected chi connectivity index (χ1v) is 5.16. The number of H-pyrrole nitrogens is 1. The van der Waals surface area contributed by atoms with Crippen molar-refractivity contribution in [3.05, 3.63) is 35.2 Å². The fourth-order valence-electron chi connectivity index (χ4n) is 1.39. The molecular weight excluding hydrogens is 274 g/mol. The molecule has 8 nitrogen and oxygen atoms in total. The van der Waals surface area contributed by atoms with Gasteiger partial charge in [-0.2, -0.15) is 4.98 Å². The minimum Gasteiger partial charge on any atom is -0.366 e. The zero-order valence-corrected chi connectivity index (χ0v) is 9.78. The Balaban J connectivity index is 2.31. The Bertz CT molecular complexity index is 699. The molecule has 2 amide bonds. The van der Waals surface area contributed by atoms with Crippen LogP contribution in [0.1, 0.15) is 21.0 Å². The monoisotopic (exact) mass is 282 g/mol. The molecule has 1 aromatic heterocycles. The molecule has 0 bridgehead atoms. The highest BCUT2D eigenvalue weighted by Crippen LogP contribution is 2.19. The first-order chi connectivity index (χ1) is 9.38. The highest BCUT2D eigenvalue weighted by Gasteiger charge is 2.17. The molecule has 0 atom stereocenters. The van der Waals surface area contributed by atoms with Crippen molar-refractivity contribution in [2.45, 2.75) is 0 Å². The number of anilines is 2.